The summed E-state index contributed by atoms with van der Waals surface area (Å²) >= 11 is -1.72. The van der Waals surface area contributed by atoms with E-state index in [1.165, 1.54) is 0 Å². The normalized spacial score (nSPS) is 8.00. The Morgan fingerprint density at radius 3 is 1.75 bits per heavy atom. The van der Waals surface area contributed by atoms with Gasteiger partial charge in [0.25, 0.3) is 0 Å². The summed E-state index contributed by atoms with van der Waals surface area (Å²) in [6, 6.07) is 10.1. The summed E-state index contributed by atoms with van der Waals surface area (Å²) in [5.74, 6) is 0. The molecule has 5 heteroatoms. The third kappa shape index (κ3) is 8.52. The van der Waals surface area contributed by atoms with E-state index in [0.717, 1.165) is 5.69 Å². The van der Waals surface area contributed by atoms with Gasteiger partial charge < -0.3 is 5.32 Å². The minimum absolute atomic E-state index is 1.16. The van der Waals surface area contributed by atoms with Gasteiger partial charge in [0.05, 0.1) is 0 Å². The maximum absolute atomic E-state index is 4.94. The van der Waals surface area contributed by atoms with Crippen LogP contribution < -0.4 is 5.32 Å². The van der Waals surface area contributed by atoms with Gasteiger partial charge in [-0.2, -0.15) is 0 Å². The molecule has 0 radical (unpaired) electrons. The molecule has 0 aromatic heterocycles. The number of hydrogen-bond acceptors (Lipinski definition) is 1. The minimum atomic E-state index is -1.72. The van der Waals surface area contributed by atoms with Gasteiger partial charge in [0, 0.05) is 12.7 Å². The highest BCUT2D eigenvalue weighted by atomic mass is 35.8. The van der Waals surface area contributed by atoms with Crippen LogP contribution in [-0.4, -0.2) is 18.4 Å². The number of nitrogens with one attached hydrogen (secondary N) is 1. The van der Waals surface area contributed by atoms with Gasteiger partial charge in [-0.05, 0) is 12.1 Å². The number of halogens is 3. The van der Waals surface area contributed by atoms with Crippen LogP contribution in [0.4, 0.5) is 5.69 Å². The predicted octanol–water partition coefficient (Wildman–Crippen LogP) is 3.42. The zero-order valence-electron chi connectivity index (χ0n) is 6.60. The molecule has 12 heavy (non-hydrogen) atoms. The van der Waals surface area contributed by atoms with E-state index in [2.05, 4.69) is 5.32 Å². The first-order valence-electron chi connectivity index (χ1n) is 3.32. The minimum Gasteiger partial charge on any atom is -0.388 e. The van der Waals surface area contributed by atoms with Crippen molar-refractivity contribution in [2.24, 2.45) is 0 Å². The van der Waals surface area contributed by atoms with Gasteiger partial charge in [-0.1, -0.05) is 18.2 Å². The molecule has 1 rings (SSSR count). The van der Waals surface area contributed by atoms with Crippen molar-refractivity contribution < 1.29 is 0 Å². The highest BCUT2D eigenvalue weighted by molar-refractivity contribution is 7.54. The summed E-state index contributed by atoms with van der Waals surface area (Å²) in [4.78, 5) is 0. The van der Waals surface area contributed by atoms with Crippen LogP contribution in [0.1, 0.15) is 0 Å². The lowest BCUT2D eigenvalue weighted by Crippen LogP contribution is -1.84. The smallest absolute Gasteiger partial charge is 0.388 e. The van der Waals surface area contributed by atoms with Gasteiger partial charge in [-0.15, -0.1) is 0 Å². The summed E-state index contributed by atoms with van der Waals surface area (Å²) in [5, 5.41) is 3.03. The SMILES string of the molecule is CNc1ccccc1.[Cl][Al]([Cl])[Cl]. The van der Waals surface area contributed by atoms with Gasteiger partial charge in [-0.25, -0.2) is 30.1 Å². The van der Waals surface area contributed by atoms with Crippen molar-refractivity contribution in [1.82, 2.24) is 0 Å². The van der Waals surface area contributed by atoms with Crippen LogP contribution in [0.2, 0.25) is 0 Å². The second kappa shape index (κ2) is 8.04. The molecule has 0 amide bonds. The van der Waals surface area contributed by atoms with Crippen molar-refractivity contribution in [3.8, 4) is 0 Å². The summed E-state index contributed by atoms with van der Waals surface area (Å²) in [5.41, 5.74) is 1.16. The van der Waals surface area contributed by atoms with E-state index in [1.807, 2.05) is 37.4 Å². The summed E-state index contributed by atoms with van der Waals surface area (Å²) in [6.07, 6.45) is 0. The molecule has 1 nitrogen and oxygen atoms in total. The van der Waals surface area contributed by atoms with Crippen LogP contribution >= 0.6 is 30.1 Å². The Labute approximate surface area is 89.6 Å². The van der Waals surface area contributed by atoms with Gasteiger partial charge in [-0.3, -0.25) is 0 Å². The molecule has 0 spiro atoms. The highest BCUT2D eigenvalue weighted by Crippen LogP contribution is 2.01. The second-order valence-corrected chi connectivity index (χ2v) is 8.30. The maximum atomic E-state index is 4.94. The third-order valence-corrected chi connectivity index (χ3v) is 1.06. The number of benzene rings is 1. The molecule has 1 aromatic carbocycles. The Kier molecular flexibility index (Phi) is 8.32. The Balaban J connectivity index is 0.000000261. The Morgan fingerprint density at radius 2 is 1.50 bits per heavy atom. The quantitative estimate of drug-likeness (QED) is 0.742. The van der Waals surface area contributed by atoms with Crippen molar-refractivity contribution >= 4 is 47.2 Å². The Hall–Kier alpha value is 0.422. The molecule has 1 N–H and O–H groups in total. The molecule has 0 aliphatic heterocycles. The van der Waals surface area contributed by atoms with E-state index in [1.54, 1.807) is 0 Å². The fourth-order valence-corrected chi connectivity index (χ4v) is 0.605. The van der Waals surface area contributed by atoms with Crippen LogP contribution in [0.15, 0.2) is 30.3 Å². The van der Waals surface area contributed by atoms with Crippen LogP contribution in [0.5, 0.6) is 0 Å². The summed E-state index contributed by atoms with van der Waals surface area (Å²) in [6.45, 7) is 0. The zero-order valence-corrected chi connectivity index (χ0v) is 10.0. The van der Waals surface area contributed by atoms with Gasteiger partial charge in [0.2, 0.25) is 0 Å². The van der Waals surface area contributed by atoms with Crippen molar-refractivity contribution in [2.75, 3.05) is 12.4 Å². The average Bonchev–Trinajstić information content (AvgIpc) is 2.05. The molecule has 66 valence electrons. The summed E-state index contributed by atoms with van der Waals surface area (Å²) < 4.78 is 0. The van der Waals surface area contributed by atoms with Crippen LogP contribution in [0.3, 0.4) is 0 Å². The van der Waals surface area contributed by atoms with Crippen molar-refractivity contribution in [3.63, 3.8) is 0 Å². The molecular weight excluding hydrogens is 231 g/mol. The lowest BCUT2D eigenvalue weighted by atomic mass is 10.3. The van der Waals surface area contributed by atoms with E-state index in [0.29, 0.717) is 0 Å². The number of rotatable bonds is 1. The van der Waals surface area contributed by atoms with E-state index in [-0.39, 0.29) is 0 Å². The van der Waals surface area contributed by atoms with E-state index >= 15 is 0 Å². The lowest BCUT2D eigenvalue weighted by molar-refractivity contribution is 1.51. The summed E-state index contributed by atoms with van der Waals surface area (Å²) in [7, 11) is 16.7. The number of hydrogen-bond donors (Lipinski definition) is 1. The Bertz CT molecular complexity index is 190. The molecule has 0 heterocycles. The molecule has 0 aliphatic rings. The third-order valence-electron chi connectivity index (χ3n) is 1.06. The first-order chi connectivity index (χ1) is 5.66. The van der Waals surface area contributed by atoms with Crippen molar-refractivity contribution in [2.45, 2.75) is 0 Å². The predicted molar refractivity (Wildman–Crippen MR) is 59.3 cm³/mol. The monoisotopic (exact) mass is 239 g/mol. The largest absolute Gasteiger partial charge is 0.643 e. The maximum Gasteiger partial charge on any atom is 0.643 e. The zero-order chi connectivity index (χ0) is 9.40. The molecule has 1 aromatic rings. The van der Waals surface area contributed by atoms with Gasteiger partial charge >= 0.3 is 11.4 Å². The number of anilines is 1. The first kappa shape index (κ1) is 12.4. The topological polar surface area (TPSA) is 12.0 Å². The molecular formula is C7H9AlCl3N. The highest BCUT2D eigenvalue weighted by Gasteiger charge is 2.00. The fraction of sp³-hybridized carbons (Fsp3) is 0.143. The van der Waals surface area contributed by atoms with Crippen molar-refractivity contribution in [1.29, 1.82) is 0 Å². The fourth-order valence-electron chi connectivity index (χ4n) is 0.605. The molecule has 0 saturated heterocycles. The first-order valence-corrected chi connectivity index (χ1v) is 8.55. The van der Waals surface area contributed by atoms with E-state index in [4.69, 9.17) is 30.1 Å². The number of para-hydroxylation sites is 1. The average molecular weight is 240 g/mol. The van der Waals surface area contributed by atoms with Crippen LogP contribution in [0, 0.1) is 0 Å². The molecule has 0 unspecified atom stereocenters. The van der Waals surface area contributed by atoms with Crippen LogP contribution in [0.25, 0.3) is 0 Å². The lowest BCUT2D eigenvalue weighted by Gasteiger charge is -1.94. The molecule has 0 saturated carbocycles. The molecule has 0 bridgehead atoms. The van der Waals surface area contributed by atoms with E-state index in [9.17, 15) is 0 Å². The molecule has 0 fully saturated rings. The van der Waals surface area contributed by atoms with Gasteiger partial charge in [0.1, 0.15) is 0 Å². The molecule has 0 aliphatic carbocycles. The second-order valence-electron chi connectivity index (χ2n) is 1.86. The van der Waals surface area contributed by atoms with E-state index < -0.39 is 11.4 Å². The standard InChI is InChI=1S/C7H9N.Al.3ClH/c1-8-7-5-3-2-4-6-7;;;;/h2-6,8H,1H3;;3*1H/q;+3;;;/p-3. The Morgan fingerprint density at radius 1 is 1.08 bits per heavy atom. The van der Waals surface area contributed by atoms with Crippen LogP contribution in [-0.2, 0) is 0 Å². The molecule has 0 atom stereocenters. The van der Waals surface area contributed by atoms with Gasteiger partial charge in [0.15, 0.2) is 0 Å². The van der Waals surface area contributed by atoms with Crippen molar-refractivity contribution in [3.05, 3.63) is 30.3 Å².